The van der Waals surface area contributed by atoms with Crippen molar-refractivity contribution in [2.45, 2.75) is 19.6 Å². The van der Waals surface area contributed by atoms with Crippen molar-refractivity contribution in [1.82, 2.24) is 9.55 Å². The number of nitrogens with zero attached hydrogens (tertiary/aromatic N) is 3. The predicted molar refractivity (Wildman–Crippen MR) is 117 cm³/mol. The molecule has 1 heterocycles. The third kappa shape index (κ3) is 5.17. The summed E-state index contributed by atoms with van der Waals surface area (Å²) in [5.41, 5.74) is 6.84. The van der Waals surface area contributed by atoms with E-state index in [-0.39, 0.29) is 36.9 Å². The average Bonchev–Trinajstić information content (AvgIpc) is 2.74. The second kappa shape index (κ2) is 9.72. The first-order valence-electron chi connectivity index (χ1n) is 9.54. The van der Waals surface area contributed by atoms with Gasteiger partial charge < -0.3 is 15.4 Å². The van der Waals surface area contributed by atoms with Crippen LogP contribution in [0.4, 0.5) is 17.2 Å². The first-order valence-corrected chi connectivity index (χ1v) is 9.54. The minimum Gasteiger partial charge on any atom is -0.383 e. The summed E-state index contributed by atoms with van der Waals surface area (Å²) in [5, 5.41) is 10.9. The fourth-order valence-corrected chi connectivity index (χ4v) is 3.25. The van der Waals surface area contributed by atoms with E-state index >= 15 is 0 Å². The third-order valence-electron chi connectivity index (χ3n) is 4.79. The maximum Gasteiger partial charge on any atom is 0.330 e. The van der Waals surface area contributed by atoms with E-state index in [2.05, 4.69) is 4.98 Å². The van der Waals surface area contributed by atoms with Crippen molar-refractivity contribution < 1.29 is 9.66 Å². The molecule has 0 aliphatic heterocycles. The number of nitro benzene ring substituents is 1. The van der Waals surface area contributed by atoms with E-state index in [1.54, 1.807) is 17.0 Å². The van der Waals surface area contributed by atoms with Gasteiger partial charge in [0.15, 0.2) is 0 Å². The number of nitrogen functional groups attached to an aromatic ring is 1. The van der Waals surface area contributed by atoms with Gasteiger partial charge in [0.2, 0.25) is 0 Å². The summed E-state index contributed by atoms with van der Waals surface area (Å²) in [6.07, 6.45) is 0. The maximum atomic E-state index is 12.7. The molecule has 162 valence electrons. The standard InChI is InChI=1S/C21H23N5O5/c1-31-12-11-25-19(22)18(20(27)23-21(25)28)24(13-15-5-3-2-4-6-15)14-16-7-9-17(10-8-16)26(29)30/h2-10H,11-14,22H2,1H3,(H,23,27,28). The molecular weight excluding hydrogens is 402 g/mol. The molecule has 3 N–H and O–H groups in total. The fourth-order valence-electron chi connectivity index (χ4n) is 3.25. The van der Waals surface area contributed by atoms with Gasteiger partial charge in [0, 0.05) is 32.3 Å². The fraction of sp³-hybridized carbons (Fsp3) is 0.238. The largest absolute Gasteiger partial charge is 0.383 e. The number of hydrogen-bond acceptors (Lipinski definition) is 7. The molecule has 0 saturated carbocycles. The van der Waals surface area contributed by atoms with Crippen molar-refractivity contribution in [2.75, 3.05) is 24.4 Å². The molecule has 3 aromatic rings. The molecule has 0 saturated heterocycles. The normalized spacial score (nSPS) is 10.7. The lowest BCUT2D eigenvalue weighted by molar-refractivity contribution is -0.384. The first kappa shape index (κ1) is 21.8. The minimum absolute atomic E-state index is 0.0242. The zero-order chi connectivity index (χ0) is 22.4. The number of nitro groups is 1. The smallest absolute Gasteiger partial charge is 0.330 e. The van der Waals surface area contributed by atoms with Crippen LogP contribution in [0.2, 0.25) is 0 Å². The molecule has 31 heavy (non-hydrogen) atoms. The van der Waals surface area contributed by atoms with Crippen LogP contribution in [0.3, 0.4) is 0 Å². The first-order chi connectivity index (χ1) is 14.9. The molecule has 3 rings (SSSR count). The highest BCUT2D eigenvalue weighted by Gasteiger charge is 2.20. The number of nitrogens with two attached hydrogens (primary N) is 1. The number of nitrogens with one attached hydrogen (secondary N) is 1. The van der Waals surface area contributed by atoms with Gasteiger partial charge in [-0.15, -0.1) is 0 Å². The zero-order valence-corrected chi connectivity index (χ0v) is 17.0. The van der Waals surface area contributed by atoms with Gasteiger partial charge in [-0.05, 0) is 11.1 Å². The van der Waals surface area contributed by atoms with Crippen molar-refractivity contribution in [3.8, 4) is 0 Å². The topological polar surface area (TPSA) is 136 Å². The summed E-state index contributed by atoms with van der Waals surface area (Å²) >= 11 is 0. The molecule has 0 fully saturated rings. The Morgan fingerprint density at radius 1 is 1.06 bits per heavy atom. The van der Waals surface area contributed by atoms with Gasteiger partial charge >= 0.3 is 5.69 Å². The van der Waals surface area contributed by atoms with Crippen LogP contribution in [0.5, 0.6) is 0 Å². The van der Waals surface area contributed by atoms with Crippen LogP contribution in [-0.2, 0) is 24.4 Å². The Kier molecular flexibility index (Phi) is 6.83. The number of hydrogen-bond donors (Lipinski definition) is 2. The number of anilines is 2. The van der Waals surface area contributed by atoms with Crippen molar-refractivity contribution in [3.05, 3.63) is 96.7 Å². The molecule has 1 aromatic heterocycles. The molecule has 0 amide bonds. The van der Waals surface area contributed by atoms with Crippen molar-refractivity contribution in [1.29, 1.82) is 0 Å². The van der Waals surface area contributed by atoms with Crippen LogP contribution in [0.15, 0.2) is 64.2 Å². The highest BCUT2D eigenvalue weighted by Crippen LogP contribution is 2.23. The number of rotatable bonds is 9. The third-order valence-corrected chi connectivity index (χ3v) is 4.79. The molecule has 10 nitrogen and oxygen atoms in total. The maximum absolute atomic E-state index is 12.7. The number of aromatic amines is 1. The summed E-state index contributed by atoms with van der Waals surface area (Å²) in [5.74, 6) is 0.0312. The van der Waals surface area contributed by atoms with E-state index in [1.807, 2.05) is 30.3 Å². The van der Waals surface area contributed by atoms with Gasteiger partial charge in [-0.3, -0.25) is 24.5 Å². The average molecular weight is 425 g/mol. The molecular formula is C21H23N5O5. The van der Waals surface area contributed by atoms with Crippen LogP contribution < -0.4 is 21.9 Å². The summed E-state index contributed by atoms with van der Waals surface area (Å²) in [4.78, 5) is 39.5. The van der Waals surface area contributed by atoms with Crippen molar-refractivity contribution in [3.63, 3.8) is 0 Å². The number of benzene rings is 2. The Morgan fingerprint density at radius 3 is 2.26 bits per heavy atom. The summed E-state index contributed by atoms with van der Waals surface area (Å²) in [7, 11) is 1.50. The molecule has 0 atom stereocenters. The van der Waals surface area contributed by atoms with Gasteiger partial charge in [0.05, 0.1) is 18.1 Å². The van der Waals surface area contributed by atoms with Crippen LogP contribution in [0.1, 0.15) is 11.1 Å². The molecule has 0 aliphatic rings. The van der Waals surface area contributed by atoms with Gasteiger partial charge in [0.1, 0.15) is 11.5 Å². The molecule has 10 heteroatoms. The van der Waals surface area contributed by atoms with E-state index in [9.17, 15) is 19.7 Å². The second-order valence-electron chi connectivity index (χ2n) is 6.90. The Bertz CT molecular complexity index is 1160. The number of H-pyrrole nitrogens is 1. The number of methoxy groups -OCH3 is 1. The lowest BCUT2D eigenvalue weighted by Crippen LogP contribution is -2.38. The van der Waals surface area contributed by atoms with Gasteiger partial charge in [-0.1, -0.05) is 42.5 Å². The number of aromatic nitrogens is 2. The van der Waals surface area contributed by atoms with E-state index in [4.69, 9.17) is 10.5 Å². The van der Waals surface area contributed by atoms with Gasteiger partial charge in [-0.2, -0.15) is 0 Å². The lowest BCUT2D eigenvalue weighted by atomic mass is 10.1. The van der Waals surface area contributed by atoms with E-state index in [0.29, 0.717) is 6.54 Å². The zero-order valence-electron chi connectivity index (χ0n) is 17.0. The minimum atomic E-state index is -0.613. The molecule has 0 radical (unpaired) electrons. The predicted octanol–water partition coefficient (Wildman–Crippen LogP) is 1.88. The second-order valence-corrected chi connectivity index (χ2v) is 6.90. The Morgan fingerprint density at radius 2 is 1.68 bits per heavy atom. The number of ether oxygens (including phenoxy) is 1. The van der Waals surface area contributed by atoms with Crippen molar-refractivity contribution >= 4 is 17.2 Å². The molecule has 2 aromatic carbocycles. The molecule has 0 spiro atoms. The number of non-ortho nitro benzene ring substituents is 1. The molecule has 0 unspecified atom stereocenters. The van der Waals surface area contributed by atoms with E-state index < -0.39 is 16.2 Å². The van der Waals surface area contributed by atoms with Crippen LogP contribution in [0.25, 0.3) is 0 Å². The Labute approximate surface area is 177 Å². The molecule has 0 bridgehead atoms. The molecule has 0 aliphatic carbocycles. The van der Waals surface area contributed by atoms with Gasteiger partial charge in [-0.25, -0.2) is 4.79 Å². The van der Waals surface area contributed by atoms with Gasteiger partial charge in [0.25, 0.3) is 11.2 Å². The van der Waals surface area contributed by atoms with E-state index in [1.165, 1.54) is 23.8 Å². The monoisotopic (exact) mass is 425 g/mol. The summed E-state index contributed by atoms with van der Waals surface area (Å²) in [6.45, 7) is 1.02. The SMILES string of the molecule is COCCn1c(N)c(N(Cc2ccccc2)Cc2ccc([N+](=O)[O-])cc2)c(=O)[nH]c1=O. The van der Waals surface area contributed by atoms with Crippen LogP contribution >= 0.6 is 0 Å². The summed E-state index contributed by atoms with van der Waals surface area (Å²) in [6, 6.07) is 15.5. The highest BCUT2D eigenvalue weighted by atomic mass is 16.6. The quantitative estimate of drug-likeness (QED) is 0.394. The Hall–Kier alpha value is -3.92. The lowest BCUT2D eigenvalue weighted by Gasteiger charge is -2.26. The highest BCUT2D eigenvalue weighted by molar-refractivity contribution is 5.63. The Balaban J connectivity index is 2.04. The van der Waals surface area contributed by atoms with Crippen molar-refractivity contribution in [2.24, 2.45) is 0 Å². The van der Waals surface area contributed by atoms with Crippen LogP contribution in [-0.4, -0.2) is 28.2 Å². The van der Waals surface area contributed by atoms with Crippen LogP contribution in [0, 0.1) is 10.1 Å². The van der Waals surface area contributed by atoms with E-state index in [0.717, 1.165) is 11.1 Å². The summed E-state index contributed by atoms with van der Waals surface area (Å²) < 4.78 is 6.29.